The van der Waals surface area contributed by atoms with Crippen molar-refractivity contribution in [2.24, 2.45) is 5.73 Å². The Morgan fingerprint density at radius 2 is 1.70 bits per heavy atom. The zero-order valence-electron chi connectivity index (χ0n) is 12.1. The highest BCUT2D eigenvalue weighted by molar-refractivity contribution is 5.33. The van der Waals surface area contributed by atoms with Gasteiger partial charge in [0.05, 0.1) is 6.61 Å². The lowest BCUT2D eigenvalue weighted by molar-refractivity contribution is 0.295. The van der Waals surface area contributed by atoms with Crippen LogP contribution in [0.2, 0.25) is 0 Å². The Hall–Kier alpha value is -1.80. The number of para-hydroxylation sites is 1. The van der Waals surface area contributed by atoms with Crippen LogP contribution in [-0.2, 0) is 6.42 Å². The van der Waals surface area contributed by atoms with E-state index in [-0.39, 0.29) is 0 Å². The largest absolute Gasteiger partial charge is 0.493 e. The highest BCUT2D eigenvalue weighted by Crippen LogP contribution is 2.21. The second kappa shape index (κ2) is 7.71. The Bertz CT molecular complexity index is 510. The van der Waals surface area contributed by atoms with Gasteiger partial charge in [-0.2, -0.15) is 0 Å². The third-order valence-electron chi connectivity index (χ3n) is 3.63. The number of hydrogen-bond donors (Lipinski definition) is 1. The second-order valence-corrected chi connectivity index (χ2v) is 4.94. The molecule has 2 rings (SSSR count). The average molecular weight is 269 g/mol. The van der Waals surface area contributed by atoms with Crippen LogP contribution >= 0.6 is 0 Å². The van der Waals surface area contributed by atoms with E-state index in [9.17, 15) is 0 Å². The summed E-state index contributed by atoms with van der Waals surface area (Å²) in [5.74, 6) is 1.36. The van der Waals surface area contributed by atoms with E-state index in [1.165, 1.54) is 11.1 Å². The molecular weight excluding hydrogens is 246 g/mol. The van der Waals surface area contributed by atoms with Crippen LogP contribution in [0.15, 0.2) is 54.6 Å². The molecule has 0 aliphatic rings. The lowest BCUT2D eigenvalue weighted by Crippen LogP contribution is -2.15. The summed E-state index contributed by atoms with van der Waals surface area (Å²) >= 11 is 0. The van der Waals surface area contributed by atoms with Gasteiger partial charge in [0.25, 0.3) is 0 Å². The summed E-state index contributed by atoms with van der Waals surface area (Å²) in [5.41, 5.74) is 8.44. The molecule has 2 aromatic carbocycles. The normalized spacial score (nSPS) is 12.1. The highest BCUT2D eigenvalue weighted by atomic mass is 16.5. The molecule has 0 aromatic heterocycles. The number of nitrogens with two attached hydrogens (primary N) is 1. The molecule has 1 unspecified atom stereocenters. The lowest BCUT2D eigenvalue weighted by atomic mass is 9.96. The quantitative estimate of drug-likeness (QED) is 0.830. The average Bonchev–Trinajstić information content (AvgIpc) is 2.53. The standard InChI is InChI=1S/C18H23NO/c1-2-15-8-6-7-11-18(15)20-13-12-17(14-19)16-9-4-3-5-10-16/h3-11,17H,2,12-14,19H2,1H3. The molecule has 0 aliphatic carbocycles. The molecule has 2 nitrogen and oxygen atoms in total. The van der Waals surface area contributed by atoms with Crippen molar-refractivity contribution in [3.8, 4) is 5.75 Å². The van der Waals surface area contributed by atoms with Crippen molar-refractivity contribution in [1.82, 2.24) is 0 Å². The van der Waals surface area contributed by atoms with E-state index in [1.54, 1.807) is 0 Å². The Labute approximate surface area is 121 Å². The van der Waals surface area contributed by atoms with Gasteiger partial charge in [-0.15, -0.1) is 0 Å². The van der Waals surface area contributed by atoms with E-state index in [4.69, 9.17) is 10.5 Å². The van der Waals surface area contributed by atoms with Crippen LogP contribution in [0.5, 0.6) is 5.75 Å². The van der Waals surface area contributed by atoms with E-state index in [0.29, 0.717) is 19.1 Å². The highest BCUT2D eigenvalue weighted by Gasteiger charge is 2.10. The summed E-state index contributed by atoms with van der Waals surface area (Å²) in [5, 5.41) is 0. The lowest BCUT2D eigenvalue weighted by Gasteiger charge is -2.16. The minimum absolute atomic E-state index is 0.366. The maximum Gasteiger partial charge on any atom is 0.122 e. The molecule has 0 saturated carbocycles. The van der Waals surface area contributed by atoms with E-state index in [0.717, 1.165) is 18.6 Å². The van der Waals surface area contributed by atoms with Gasteiger partial charge in [0.15, 0.2) is 0 Å². The molecule has 0 bridgehead atoms. The smallest absolute Gasteiger partial charge is 0.122 e. The van der Waals surface area contributed by atoms with Crippen LogP contribution in [-0.4, -0.2) is 13.2 Å². The van der Waals surface area contributed by atoms with Gasteiger partial charge in [-0.3, -0.25) is 0 Å². The van der Waals surface area contributed by atoms with Crippen LogP contribution < -0.4 is 10.5 Å². The molecule has 2 heteroatoms. The molecule has 2 aromatic rings. The Kier molecular flexibility index (Phi) is 5.63. The fourth-order valence-electron chi connectivity index (χ4n) is 2.39. The first-order chi connectivity index (χ1) is 9.85. The van der Waals surface area contributed by atoms with Gasteiger partial charge in [0.2, 0.25) is 0 Å². The maximum absolute atomic E-state index is 5.93. The van der Waals surface area contributed by atoms with Crippen LogP contribution in [0.25, 0.3) is 0 Å². The van der Waals surface area contributed by atoms with E-state index in [1.807, 2.05) is 18.2 Å². The number of hydrogen-bond acceptors (Lipinski definition) is 2. The summed E-state index contributed by atoms with van der Waals surface area (Å²) < 4.78 is 5.93. The molecule has 1 atom stereocenters. The molecule has 0 spiro atoms. The van der Waals surface area contributed by atoms with Crippen LogP contribution in [0.3, 0.4) is 0 Å². The van der Waals surface area contributed by atoms with Gasteiger partial charge >= 0.3 is 0 Å². The zero-order valence-corrected chi connectivity index (χ0v) is 12.1. The predicted octanol–water partition coefficient (Wildman–Crippen LogP) is 3.76. The van der Waals surface area contributed by atoms with Crippen molar-refractivity contribution < 1.29 is 4.74 Å². The van der Waals surface area contributed by atoms with Crippen molar-refractivity contribution in [3.63, 3.8) is 0 Å². The number of ether oxygens (including phenoxy) is 1. The van der Waals surface area contributed by atoms with E-state index in [2.05, 4.69) is 43.3 Å². The summed E-state index contributed by atoms with van der Waals surface area (Å²) in [6, 6.07) is 18.7. The molecule has 20 heavy (non-hydrogen) atoms. The van der Waals surface area contributed by atoms with Gasteiger partial charge in [-0.1, -0.05) is 55.5 Å². The van der Waals surface area contributed by atoms with Crippen molar-refractivity contribution in [2.45, 2.75) is 25.7 Å². The summed E-state index contributed by atoms with van der Waals surface area (Å²) in [6.07, 6.45) is 1.94. The van der Waals surface area contributed by atoms with Gasteiger partial charge < -0.3 is 10.5 Å². The minimum atomic E-state index is 0.366. The van der Waals surface area contributed by atoms with Gasteiger partial charge in [0, 0.05) is 0 Å². The molecule has 2 N–H and O–H groups in total. The van der Waals surface area contributed by atoms with Crippen molar-refractivity contribution in [3.05, 3.63) is 65.7 Å². The third kappa shape index (κ3) is 3.84. The summed E-state index contributed by atoms with van der Waals surface area (Å²) in [4.78, 5) is 0. The number of benzene rings is 2. The Morgan fingerprint density at radius 3 is 2.40 bits per heavy atom. The van der Waals surface area contributed by atoms with Gasteiger partial charge in [-0.25, -0.2) is 0 Å². The summed E-state index contributed by atoms with van der Waals surface area (Å²) in [6.45, 7) is 3.51. The van der Waals surface area contributed by atoms with Gasteiger partial charge in [-0.05, 0) is 42.5 Å². The molecule has 0 saturated heterocycles. The first-order valence-corrected chi connectivity index (χ1v) is 7.30. The zero-order chi connectivity index (χ0) is 14.2. The van der Waals surface area contributed by atoms with E-state index >= 15 is 0 Å². The molecular formula is C18H23NO. The van der Waals surface area contributed by atoms with Crippen LogP contribution in [0, 0.1) is 0 Å². The number of rotatable bonds is 7. The third-order valence-corrected chi connectivity index (χ3v) is 3.63. The van der Waals surface area contributed by atoms with Crippen molar-refractivity contribution >= 4 is 0 Å². The van der Waals surface area contributed by atoms with Crippen molar-refractivity contribution in [2.75, 3.05) is 13.2 Å². The van der Waals surface area contributed by atoms with Crippen molar-refractivity contribution in [1.29, 1.82) is 0 Å². The SMILES string of the molecule is CCc1ccccc1OCCC(CN)c1ccccc1. The summed E-state index contributed by atoms with van der Waals surface area (Å²) in [7, 11) is 0. The first kappa shape index (κ1) is 14.6. The molecule has 106 valence electrons. The molecule has 0 aliphatic heterocycles. The molecule has 0 heterocycles. The fourth-order valence-corrected chi connectivity index (χ4v) is 2.39. The maximum atomic E-state index is 5.93. The second-order valence-electron chi connectivity index (χ2n) is 4.94. The molecule has 0 radical (unpaired) electrons. The fraction of sp³-hybridized carbons (Fsp3) is 0.333. The van der Waals surface area contributed by atoms with Gasteiger partial charge in [0.1, 0.15) is 5.75 Å². The minimum Gasteiger partial charge on any atom is -0.493 e. The predicted molar refractivity (Wildman–Crippen MR) is 84.2 cm³/mol. The van der Waals surface area contributed by atoms with E-state index < -0.39 is 0 Å². The first-order valence-electron chi connectivity index (χ1n) is 7.30. The molecule has 0 fully saturated rings. The molecule has 0 amide bonds. The Balaban J connectivity index is 1.91. The monoisotopic (exact) mass is 269 g/mol. The van der Waals surface area contributed by atoms with Crippen LogP contribution in [0.4, 0.5) is 0 Å². The Morgan fingerprint density at radius 1 is 1.00 bits per heavy atom. The number of aryl methyl sites for hydroxylation is 1. The topological polar surface area (TPSA) is 35.2 Å². The van der Waals surface area contributed by atoms with Crippen LogP contribution in [0.1, 0.15) is 30.4 Å².